The Hall–Kier alpha value is -1.38. The molecule has 0 aliphatic carbocycles. The first kappa shape index (κ1) is 19.4. The highest BCUT2D eigenvalue weighted by Crippen LogP contribution is 2.62. The molecule has 1 aromatic carbocycles. The van der Waals surface area contributed by atoms with E-state index in [0.29, 0.717) is 6.54 Å². The first-order chi connectivity index (χ1) is 12.1. The Morgan fingerprint density at radius 1 is 1.35 bits per heavy atom. The highest BCUT2D eigenvalue weighted by atomic mass is 32.2. The molecule has 0 bridgehead atoms. The van der Waals surface area contributed by atoms with Crippen LogP contribution in [0.1, 0.15) is 25.0 Å². The Balaban J connectivity index is 1.70. The lowest BCUT2D eigenvalue weighted by molar-refractivity contribution is -0.149. The van der Waals surface area contributed by atoms with Crippen molar-refractivity contribution < 1.29 is 23.9 Å². The summed E-state index contributed by atoms with van der Waals surface area (Å²) in [6.07, 6.45) is 0.0971. The van der Waals surface area contributed by atoms with Crippen LogP contribution in [0.25, 0.3) is 0 Å². The van der Waals surface area contributed by atoms with Gasteiger partial charge >= 0.3 is 7.60 Å². The summed E-state index contributed by atoms with van der Waals surface area (Å²) in [7, 11) is -4.48. The van der Waals surface area contributed by atoms with Gasteiger partial charge in [0.15, 0.2) is 0 Å². The van der Waals surface area contributed by atoms with E-state index >= 15 is 0 Å². The Labute approximate surface area is 155 Å². The quantitative estimate of drug-likeness (QED) is 0.415. The SMILES string of the molecule is CC1(C)S[C@@H]2C(NC(=O)Cc3ccccc3CN)C(=O)N2C1P(=O)(O)O. The van der Waals surface area contributed by atoms with E-state index in [1.165, 1.54) is 16.7 Å². The van der Waals surface area contributed by atoms with Crippen molar-refractivity contribution in [2.24, 2.45) is 5.73 Å². The number of carbonyl (C=O) groups is 2. The van der Waals surface area contributed by atoms with Crippen molar-refractivity contribution in [2.75, 3.05) is 0 Å². The number of nitrogens with zero attached hydrogens (tertiary/aromatic N) is 1. The molecule has 2 unspecified atom stereocenters. The molecule has 10 heteroatoms. The molecule has 8 nitrogen and oxygen atoms in total. The van der Waals surface area contributed by atoms with Crippen molar-refractivity contribution in [1.29, 1.82) is 0 Å². The van der Waals surface area contributed by atoms with Crippen molar-refractivity contribution in [3.8, 4) is 0 Å². The zero-order chi connectivity index (χ0) is 19.3. The van der Waals surface area contributed by atoms with Gasteiger partial charge in [0.1, 0.15) is 17.2 Å². The fourth-order valence-corrected chi connectivity index (χ4v) is 7.20. The van der Waals surface area contributed by atoms with Crippen LogP contribution in [0.2, 0.25) is 0 Å². The smallest absolute Gasteiger partial charge is 0.341 e. The number of β-lactam (4-membered cyclic amide) rings is 1. The molecule has 142 valence electrons. The number of rotatable bonds is 5. The highest BCUT2D eigenvalue weighted by Gasteiger charge is 2.66. The van der Waals surface area contributed by atoms with E-state index in [2.05, 4.69) is 5.32 Å². The molecule has 26 heavy (non-hydrogen) atoms. The molecule has 0 radical (unpaired) electrons. The van der Waals surface area contributed by atoms with Gasteiger partial charge in [0.05, 0.1) is 6.42 Å². The number of nitrogens with two attached hydrogens (primary N) is 1. The third-order valence-electron chi connectivity index (χ3n) is 4.71. The second-order valence-corrected chi connectivity index (χ2v) is 10.5. The fourth-order valence-electron chi connectivity index (χ4n) is 3.60. The predicted molar refractivity (Wildman–Crippen MR) is 98.1 cm³/mol. The van der Waals surface area contributed by atoms with Crippen LogP contribution in [0.5, 0.6) is 0 Å². The number of thioether (sulfide) groups is 1. The summed E-state index contributed by atoms with van der Waals surface area (Å²) < 4.78 is 11.0. The predicted octanol–water partition coefficient (Wildman–Crippen LogP) is 0.370. The Kier molecular flexibility index (Phi) is 4.96. The van der Waals surface area contributed by atoms with Crippen LogP contribution in [-0.4, -0.2) is 48.4 Å². The number of nitrogens with one attached hydrogen (secondary N) is 1. The summed E-state index contributed by atoms with van der Waals surface area (Å²) in [5, 5.41) is 2.23. The van der Waals surface area contributed by atoms with E-state index in [0.717, 1.165) is 11.1 Å². The molecule has 0 spiro atoms. The fraction of sp³-hybridized carbons (Fsp3) is 0.500. The summed E-state index contributed by atoms with van der Waals surface area (Å²) in [5.41, 5.74) is 7.33. The van der Waals surface area contributed by atoms with Gasteiger partial charge in [-0.25, -0.2) is 0 Å². The van der Waals surface area contributed by atoms with Crippen molar-refractivity contribution in [2.45, 2.75) is 48.8 Å². The molecule has 2 saturated heterocycles. The molecule has 0 aromatic heterocycles. The van der Waals surface area contributed by atoms with Gasteiger partial charge in [0, 0.05) is 11.3 Å². The normalized spacial score (nSPS) is 27.0. The van der Waals surface area contributed by atoms with Gasteiger partial charge in [0.2, 0.25) is 11.8 Å². The first-order valence-electron chi connectivity index (χ1n) is 8.17. The minimum absolute atomic E-state index is 0.0971. The average Bonchev–Trinajstić information content (AvgIpc) is 2.81. The lowest BCUT2D eigenvalue weighted by Crippen LogP contribution is -2.69. The van der Waals surface area contributed by atoms with E-state index in [4.69, 9.17) is 5.73 Å². The van der Waals surface area contributed by atoms with Gasteiger partial charge in [0.25, 0.3) is 0 Å². The van der Waals surface area contributed by atoms with Gasteiger partial charge in [-0.2, -0.15) is 0 Å². The van der Waals surface area contributed by atoms with E-state index < -0.39 is 35.4 Å². The molecule has 3 rings (SSSR count). The van der Waals surface area contributed by atoms with Gasteiger partial charge in [-0.1, -0.05) is 24.3 Å². The number of fused-ring (bicyclic) bond motifs is 1. The summed E-state index contributed by atoms with van der Waals surface area (Å²) in [6.45, 7) is 3.71. The Morgan fingerprint density at radius 3 is 2.54 bits per heavy atom. The van der Waals surface area contributed by atoms with Crippen molar-refractivity contribution in [3.63, 3.8) is 0 Å². The monoisotopic (exact) mass is 399 g/mol. The number of carbonyl (C=O) groups excluding carboxylic acids is 2. The van der Waals surface area contributed by atoms with Crippen LogP contribution in [-0.2, 0) is 27.1 Å². The van der Waals surface area contributed by atoms with Crippen LogP contribution >= 0.6 is 19.4 Å². The summed E-state index contributed by atoms with van der Waals surface area (Å²) >= 11 is 1.30. The Morgan fingerprint density at radius 2 is 1.96 bits per heavy atom. The van der Waals surface area contributed by atoms with E-state index in [1.807, 2.05) is 24.3 Å². The molecular weight excluding hydrogens is 377 g/mol. The van der Waals surface area contributed by atoms with Gasteiger partial charge in [-0.05, 0) is 25.0 Å². The maximum atomic E-state index is 12.4. The summed E-state index contributed by atoms with van der Waals surface area (Å²) in [6, 6.07) is 6.55. The van der Waals surface area contributed by atoms with Gasteiger partial charge < -0.3 is 25.7 Å². The minimum Gasteiger partial charge on any atom is -0.341 e. The van der Waals surface area contributed by atoms with E-state index in [9.17, 15) is 23.9 Å². The van der Waals surface area contributed by atoms with Crippen LogP contribution in [0.4, 0.5) is 0 Å². The molecule has 2 amide bonds. The highest BCUT2D eigenvalue weighted by molar-refractivity contribution is 8.02. The van der Waals surface area contributed by atoms with Crippen molar-refractivity contribution in [3.05, 3.63) is 35.4 Å². The number of hydrogen-bond donors (Lipinski definition) is 4. The standard InChI is InChI=1S/C16H22N3O5PS/c1-16(2)15(25(22,23)24)19-13(21)12(14(19)26-16)18-11(20)7-9-5-3-4-6-10(9)8-17/h3-6,12,14-15H,7-8,17H2,1-2H3,(H,18,20)(H2,22,23,24)/t12?,14-,15?/m1/s1. The lowest BCUT2D eigenvalue weighted by atomic mass is 10.0. The van der Waals surface area contributed by atoms with Crippen molar-refractivity contribution in [1.82, 2.24) is 10.2 Å². The minimum atomic E-state index is -4.48. The molecule has 1 aromatic rings. The lowest BCUT2D eigenvalue weighted by Gasteiger charge is -2.44. The third-order valence-corrected chi connectivity index (χ3v) is 7.99. The number of hydrogen-bond acceptors (Lipinski definition) is 5. The summed E-state index contributed by atoms with van der Waals surface area (Å²) in [5.74, 6) is -1.95. The molecule has 2 aliphatic rings. The third kappa shape index (κ3) is 3.30. The zero-order valence-electron chi connectivity index (χ0n) is 14.5. The molecule has 0 saturated carbocycles. The maximum Gasteiger partial charge on any atom is 0.349 e. The second kappa shape index (κ2) is 6.65. The topological polar surface area (TPSA) is 133 Å². The first-order valence-corrected chi connectivity index (χ1v) is 10.7. The molecule has 5 N–H and O–H groups in total. The summed E-state index contributed by atoms with van der Waals surface area (Å²) in [4.78, 5) is 45.3. The number of benzene rings is 1. The maximum absolute atomic E-state index is 12.4. The molecule has 2 fully saturated rings. The van der Waals surface area contributed by atoms with E-state index in [1.54, 1.807) is 13.8 Å². The van der Waals surface area contributed by atoms with Crippen LogP contribution in [0, 0.1) is 0 Å². The molecule has 2 aliphatic heterocycles. The largest absolute Gasteiger partial charge is 0.349 e. The zero-order valence-corrected chi connectivity index (χ0v) is 16.2. The Bertz CT molecular complexity index is 796. The molecule has 2 heterocycles. The van der Waals surface area contributed by atoms with Crippen LogP contribution < -0.4 is 11.1 Å². The van der Waals surface area contributed by atoms with E-state index in [-0.39, 0.29) is 12.3 Å². The van der Waals surface area contributed by atoms with Crippen LogP contribution in [0.15, 0.2) is 24.3 Å². The van der Waals surface area contributed by atoms with Crippen LogP contribution in [0.3, 0.4) is 0 Å². The second-order valence-electron chi connectivity index (χ2n) is 7.01. The molecule has 3 atom stereocenters. The van der Waals surface area contributed by atoms with Gasteiger partial charge in [-0.3, -0.25) is 14.2 Å². The molecular formula is C16H22N3O5PS. The number of amides is 2. The van der Waals surface area contributed by atoms with Crippen molar-refractivity contribution >= 4 is 31.2 Å². The average molecular weight is 399 g/mol. The van der Waals surface area contributed by atoms with Gasteiger partial charge in [-0.15, -0.1) is 11.8 Å².